The molecule has 1 amide bonds. The van der Waals surface area contributed by atoms with E-state index in [9.17, 15) is 14.0 Å². The van der Waals surface area contributed by atoms with Gasteiger partial charge in [0.1, 0.15) is 11.3 Å². The first-order valence-electron chi connectivity index (χ1n) is 8.26. The summed E-state index contributed by atoms with van der Waals surface area (Å²) in [5.74, 6) is -0.899. The van der Waals surface area contributed by atoms with Gasteiger partial charge in [0.25, 0.3) is 5.56 Å². The summed E-state index contributed by atoms with van der Waals surface area (Å²) in [5.41, 5.74) is 1.79. The fraction of sp³-hybridized carbons (Fsp3) is 0.278. The Morgan fingerprint density at radius 1 is 1.41 bits per heavy atom. The smallest absolute Gasteiger partial charge is 0.278 e. The van der Waals surface area contributed by atoms with Gasteiger partial charge in [0.15, 0.2) is 5.16 Å². The first-order chi connectivity index (χ1) is 12.8. The van der Waals surface area contributed by atoms with Crippen LogP contribution < -0.4 is 10.9 Å². The van der Waals surface area contributed by atoms with E-state index in [0.717, 1.165) is 17.5 Å². The topological polar surface area (TPSA) is 79.8 Å². The number of carbonyl (C=O) groups excluding carboxylic acids is 1. The molecule has 3 aromatic rings. The maximum Gasteiger partial charge on any atom is 0.278 e. The van der Waals surface area contributed by atoms with Crippen molar-refractivity contribution in [1.82, 2.24) is 14.5 Å². The minimum atomic E-state index is -0.524. The van der Waals surface area contributed by atoms with Crippen LogP contribution in [0.1, 0.15) is 25.6 Å². The molecule has 0 unspecified atom stereocenters. The van der Waals surface area contributed by atoms with Crippen molar-refractivity contribution in [3.63, 3.8) is 0 Å². The lowest BCUT2D eigenvalue weighted by Gasteiger charge is -2.15. The van der Waals surface area contributed by atoms with Crippen molar-refractivity contribution in [2.45, 2.75) is 32.0 Å². The summed E-state index contributed by atoms with van der Waals surface area (Å²) in [6.07, 6.45) is 0. The van der Waals surface area contributed by atoms with Gasteiger partial charge in [0.05, 0.1) is 17.0 Å². The van der Waals surface area contributed by atoms with Crippen LogP contribution in [0, 0.1) is 12.7 Å². The molecule has 0 fully saturated rings. The van der Waals surface area contributed by atoms with E-state index in [1.807, 2.05) is 20.8 Å². The minimum absolute atomic E-state index is 0.00355. The normalized spacial score (nSPS) is 11.3. The van der Waals surface area contributed by atoms with Crippen LogP contribution in [0.4, 0.5) is 10.1 Å². The molecule has 0 atom stereocenters. The molecule has 9 heteroatoms. The Labute approximate surface area is 167 Å². The number of hydrogen-bond acceptors (Lipinski definition) is 4. The lowest BCUT2D eigenvalue weighted by atomic mass is 10.3. The molecule has 0 aliphatic heterocycles. The number of amides is 1. The number of anilines is 1. The van der Waals surface area contributed by atoms with Gasteiger partial charge >= 0.3 is 0 Å². The Morgan fingerprint density at radius 3 is 2.81 bits per heavy atom. The maximum absolute atomic E-state index is 13.9. The second-order valence-corrected chi connectivity index (χ2v) is 8.20. The summed E-state index contributed by atoms with van der Waals surface area (Å²) >= 11 is 4.32. The molecule has 2 heterocycles. The highest BCUT2D eigenvalue weighted by Gasteiger charge is 2.17. The third kappa shape index (κ3) is 4.24. The van der Waals surface area contributed by atoms with Gasteiger partial charge in [0.2, 0.25) is 5.91 Å². The Morgan fingerprint density at radius 2 is 2.15 bits per heavy atom. The number of hydrogen-bond donors (Lipinski definition) is 2. The molecule has 27 heavy (non-hydrogen) atoms. The summed E-state index contributed by atoms with van der Waals surface area (Å²) in [7, 11) is 0. The fourth-order valence-electron chi connectivity index (χ4n) is 2.65. The van der Waals surface area contributed by atoms with E-state index in [-0.39, 0.29) is 28.9 Å². The number of aryl methyl sites for hydroxylation is 1. The van der Waals surface area contributed by atoms with Crippen LogP contribution in [0.25, 0.3) is 11.0 Å². The maximum atomic E-state index is 13.9. The molecule has 1 aromatic carbocycles. The van der Waals surface area contributed by atoms with E-state index in [0.29, 0.717) is 20.7 Å². The number of fused-ring (bicyclic) bond motifs is 1. The molecular weight excluding hydrogens is 435 g/mol. The molecule has 2 aromatic heterocycles. The molecule has 0 radical (unpaired) electrons. The summed E-state index contributed by atoms with van der Waals surface area (Å²) in [4.78, 5) is 32.5. The van der Waals surface area contributed by atoms with Gasteiger partial charge in [-0.15, -0.1) is 0 Å². The Bertz CT molecular complexity index is 1080. The van der Waals surface area contributed by atoms with Gasteiger partial charge < -0.3 is 10.3 Å². The van der Waals surface area contributed by atoms with Crippen LogP contribution in [0.15, 0.2) is 38.7 Å². The number of benzene rings is 1. The standard InChI is InChI=1S/C18H18BrFN4O2S/c1-9(2)24-17(26)16-14(6-10(3)21-16)23-18(24)27-8-15(25)22-13-5-4-11(19)7-12(13)20/h4-7,9,21H,8H2,1-3H3,(H,22,25). The van der Waals surface area contributed by atoms with Gasteiger partial charge in [-0.1, -0.05) is 27.7 Å². The number of rotatable bonds is 5. The molecule has 0 aliphatic carbocycles. The SMILES string of the molecule is Cc1cc2nc(SCC(=O)Nc3ccc(Br)cc3F)n(C(C)C)c(=O)c2[nH]1. The van der Waals surface area contributed by atoms with Crippen LogP contribution in [0.3, 0.4) is 0 Å². The molecule has 0 spiro atoms. The summed E-state index contributed by atoms with van der Waals surface area (Å²) in [6, 6.07) is 6.09. The minimum Gasteiger partial charge on any atom is -0.353 e. The zero-order valence-electron chi connectivity index (χ0n) is 15.0. The Kier molecular flexibility index (Phi) is 5.71. The zero-order chi connectivity index (χ0) is 19.7. The lowest BCUT2D eigenvalue weighted by Crippen LogP contribution is -2.25. The first kappa shape index (κ1) is 19.6. The van der Waals surface area contributed by atoms with Gasteiger partial charge in [-0.25, -0.2) is 9.37 Å². The number of aromatic nitrogens is 3. The second kappa shape index (κ2) is 7.85. The highest BCUT2D eigenvalue weighted by molar-refractivity contribution is 9.10. The molecule has 0 saturated heterocycles. The van der Waals surface area contributed by atoms with Gasteiger partial charge in [-0.3, -0.25) is 14.2 Å². The lowest BCUT2D eigenvalue weighted by molar-refractivity contribution is -0.113. The fourth-order valence-corrected chi connectivity index (χ4v) is 3.92. The molecule has 0 bridgehead atoms. The van der Waals surface area contributed by atoms with Crippen molar-refractivity contribution in [3.05, 3.63) is 50.6 Å². The average Bonchev–Trinajstić information content (AvgIpc) is 2.96. The number of nitrogens with one attached hydrogen (secondary N) is 2. The third-order valence-electron chi connectivity index (χ3n) is 3.84. The van der Waals surface area contributed by atoms with Crippen molar-refractivity contribution in [2.75, 3.05) is 11.1 Å². The van der Waals surface area contributed by atoms with Crippen LogP contribution >= 0.6 is 27.7 Å². The van der Waals surface area contributed by atoms with Crippen molar-refractivity contribution >= 4 is 50.3 Å². The van der Waals surface area contributed by atoms with Crippen LogP contribution in [0.2, 0.25) is 0 Å². The van der Waals surface area contributed by atoms with E-state index >= 15 is 0 Å². The van der Waals surface area contributed by atoms with Crippen LogP contribution in [-0.2, 0) is 4.79 Å². The average molecular weight is 453 g/mol. The predicted octanol–water partition coefficient (Wildman–Crippen LogP) is 4.25. The van der Waals surface area contributed by atoms with E-state index in [2.05, 4.69) is 31.2 Å². The monoisotopic (exact) mass is 452 g/mol. The Hall–Kier alpha value is -2.13. The molecule has 142 valence electrons. The van der Waals surface area contributed by atoms with Gasteiger partial charge in [-0.05, 0) is 45.0 Å². The van der Waals surface area contributed by atoms with Crippen molar-refractivity contribution < 1.29 is 9.18 Å². The van der Waals surface area contributed by atoms with Gasteiger partial charge in [-0.2, -0.15) is 0 Å². The van der Waals surface area contributed by atoms with Crippen LogP contribution in [-0.4, -0.2) is 26.2 Å². The number of thioether (sulfide) groups is 1. The highest BCUT2D eigenvalue weighted by atomic mass is 79.9. The van der Waals surface area contributed by atoms with Crippen molar-refractivity contribution in [2.24, 2.45) is 0 Å². The summed E-state index contributed by atoms with van der Waals surface area (Å²) < 4.78 is 16.0. The molecule has 3 rings (SSSR count). The number of aromatic amines is 1. The number of H-pyrrole nitrogens is 1. The highest BCUT2D eigenvalue weighted by Crippen LogP contribution is 2.23. The molecule has 2 N–H and O–H groups in total. The first-order valence-corrected chi connectivity index (χ1v) is 10.0. The molecule has 0 saturated carbocycles. The predicted molar refractivity (Wildman–Crippen MR) is 109 cm³/mol. The largest absolute Gasteiger partial charge is 0.353 e. The number of carbonyl (C=O) groups is 1. The van der Waals surface area contributed by atoms with E-state index in [1.165, 1.54) is 12.1 Å². The van der Waals surface area contributed by atoms with Crippen molar-refractivity contribution in [1.29, 1.82) is 0 Å². The molecular formula is C18H18BrFN4O2S. The van der Waals surface area contributed by atoms with Gasteiger partial charge in [0, 0.05) is 16.2 Å². The van der Waals surface area contributed by atoms with Crippen LogP contribution in [0.5, 0.6) is 0 Å². The van der Waals surface area contributed by atoms with Crippen molar-refractivity contribution in [3.8, 4) is 0 Å². The number of nitrogens with zero attached hydrogens (tertiary/aromatic N) is 2. The number of halogens is 2. The quantitative estimate of drug-likeness (QED) is 0.447. The summed E-state index contributed by atoms with van der Waals surface area (Å²) in [6.45, 7) is 5.62. The third-order valence-corrected chi connectivity index (χ3v) is 5.29. The van der Waals surface area contributed by atoms with E-state index in [4.69, 9.17) is 0 Å². The van der Waals surface area contributed by atoms with E-state index < -0.39 is 5.82 Å². The zero-order valence-corrected chi connectivity index (χ0v) is 17.4. The van der Waals surface area contributed by atoms with E-state index in [1.54, 1.807) is 16.7 Å². The molecule has 6 nitrogen and oxygen atoms in total. The second-order valence-electron chi connectivity index (χ2n) is 6.34. The molecule has 0 aliphatic rings. The summed E-state index contributed by atoms with van der Waals surface area (Å²) in [5, 5.41) is 2.99. The Balaban J connectivity index is 1.82.